The summed E-state index contributed by atoms with van der Waals surface area (Å²) >= 11 is 0. The molecule has 0 saturated carbocycles. The molecule has 0 fully saturated rings. The van der Waals surface area contributed by atoms with Crippen LogP contribution in [0.2, 0.25) is 0 Å². The monoisotopic (exact) mass is 295 g/mol. The summed E-state index contributed by atoms with van der Waals surface area (Å²) in [6.07, 6.45) is 0. The number of hydrogen-bond acceptors (Lipinski definition) is 6. The summed E-state index contributed by atoms with van der Waals surface area (Å²) in [5.41, 5.74) is 5.41. The zero-order valence-corrected chi connectivity index (χ0v) is 10.9. The molecule has 0 aliphatic heterocycles. The Morgan fingerprint density at radius 2 is 1.78 bits per heavy atom. The van der Waals surface area contributed by atoms with Gasteiger partial charge in [-0.3, -0.25) is 4.55 Å². The first-order valence-corrected chi connectivity index (χ1v) is 7.95. The summed E-state index contributed by atoms with van der Waals surface area (Å²) in [5, 5.41) is 8.63. The van der Waals surface area contributed by atoms with E-state index in [1.54, 1.807) is 0 Å². The third kappa shape index (κ3) is 3.27. The molecule has 0 radical (unpaired) electrons. The number of hydrogen-bond donors (Lipinski definition) is 3. The fraction of sp³-hybridized carbons (Fsp3) is 0.333. The van der Waals surface area contributed by atoms with Gasteiger partial charge in [0.05, 0.1) is 22.2 Å². The minimum absolute atomic E-state index is 0.112. The highest BCUT2D eigenvalue weighted by atomic mass is 32.2. The predicted molar refractivity (Wildman–Crippen MR) is 63.3 cm³/mol. The minimum Gasteiger partial charge on any atom is -0.395 e. The van der Waals surface area contributed by atoms with Crippen LogP contribution < -0.4 is 5.73 Å². The lowest BCUT2D eigenvalue weighted by Crippen LogP contribution is -2.13. The highest BCUT2D eigenvalue weighted by Gasteiger charge is 2.20. The second-order valence-electron chi connectivity index (χ2n) is 3.49. The van der Waals surface area contributed by atoms with Gasteiger partial charge in [-0.25, -0.2) is 8.42 Å². The van der Waals surface area contributed by atoms with Gasteiger partial charge in [-0.1, -0.05) is 6.07 Å². The molecule has 0 aromatic heterocycles. The van der Waals surface area contributed by atoms with Gasteiger partial charge in [0.15, 0.2) is 9.84 Å². The number of aliphatic hydroxyl groups excluding tert-OH is 1. The summed E-state index contributed by atoms with van der Waals surface area (Å²) in [5.74, 6) is -0.528. The second-order valence-corrected chi connectivity index (χ2v) is 6.99. The molecule has 0 amide bonds. The molecule has 1 aromatic carbocycles. The van der Waals surface area contributed by atoms with Crippen molar-refractivity contribution in [3.63, 3.8) is 0 Å². The van der Waals surface area contributed by atoms with Gasteiger partial charge in [-0.05, 0) is 17.7 Å². The average Bonchev–Trinajstić information content (AvgIpc) is 2.27. The molecule has 0 bridgehead atoms. The number of nitrogens with two attached hydrogens (primary N) is 1. The van der Waals surface area contributed by atoms with Crippen LogP contribution in [0.1, 0.15) is 5.56 Å². The van der Waals surface area contributed by atoms with Crippen molar-refractivity contribution in [3.8, 4) is 0 Å². The van der Waals surface area contributed by atoms with Crippen LogP contribution in [0.3, 0.4) is 0 Å². The molecule has 0 aliphatic rings. The summed E-state index contributed by atoms with van der Waals surface area (Å²) in [4.78, 5) is -0.828. The van der Waals surface area contributed by atoms with E-state index in [2.05, 4.69) is 0 Å². The van der Waals surface area contributed by atoms with Crippen molar-refractivity contribution < 1.29 is 26.5 Å². The third-order valence-electron chi connectivity index (χ3n) is 2.26. The molecule has 18 heavy (non-hydrogen) atoms. The van der Waals surface area contributed by atoms with Gasteiger partial charge in [0.2, 0.25) is 0 Å². The number of benzene rings is 1. The topological polar surface area (TPSA) is 135 Å². The summed E-state index contributed by atoms with van der Waals surface area (Å²) < 4.78 is 54.5. The molecule has 0 saturated heterocycles. The van der Waals surface area contributed by atoms with Crippen LogP contribution in [0.5, 0.6) is 0 Å². The normalized spacial score (nSPS) is 12.6. The van der Waals surface area contributed by atoms with Gasteiger partial charge in [0.25, 0.3) is 10.1 Å². The first-order valence-electron chi connectivity index (χ1n) is 4.86. The van der Waals surface area contributed by atoms with E-state index in [4.69, 9.17) is 15.4 Å². The first kappa shape index (κ1) is 15.1. The van der Waals surface area contributed by atoms with Crippen molar-refractivity contribution in [1.29, 1.82) is 0 Å². The van der Waals surface area contributed by atoms with Crippen molar-refractivity contribution >= 4 is 20.0 Å². The van der Waals surface area contributed by atoms with Crippen molar-refractivity contribution in [3.05, 3.63) is 23.8 Å². The highest BCUT2D eigenvalue weighted by molar-refractivity contribution is 7.91. The fourth-order valence-electron chi connectivity index (χ4n) is 1.38. The maximum atomic E-state index is 11.6. The smallest absolute Gasteiger partial charge is 0.294 e. The van der Waals surface area contributed by atoms with E-state index >= 15 is 0 Å². The Labute approximate surface area is 105 Å². The zero-order chi connectivity index (χ0) is 14.0. The molecule has 0 aliphatic carbocycles. The minimum atomic E-state index is -4.55. The molecule has 4 N–H and O–H groups in total. The van der Waals surface area contributed by atoms with E-state index in [1.807, 2.05) is 0 Å². The maximum absolute atomic E-state index is 11.6. The van der Waals surface area contributed by atoms with Gasteiger partial charge in [-0.2, -0.15) is 8.42 Å². The van der Waals surface area contributed by atoms with Crippen LogP contribution in [-0.2, 0) is 26.5 Å². The Kier molecular flexibility index (Phi) is 4.46. The average molecular weight is 295 g/mol. The molecule has 0 spiro atoms. The number of aliphatic hydroxyl groups is 1. The van der Waals surface area contributed by atoms with Gasteiger partial charge in [-0.15, -0.1) is 0 Å². The Balaban J connectivity index is 3.46. The lowest BCUT2D eigenvalue weighted by atomic mass is 10.2. The molecular weight excluding hydrogens is 282 g/mol. The Hall–Kier alpha value is -1.00. The molecule has 1 rings (SSSR count). The van der Waals surface area contributed by atoms with Crippen LogP contribution >= 0.6 is 0 Å². The van der Waals surface area contributed by atoms with Crippen LogP contribution in [0, 0.1) is 0 Å². The Morgan fingerprint density at radius 1 is 1.17 bits per heavy atom. The fourth-order valence-corrected chi connectivity index (χ4v) is 3.26. The van der Waals surface area contributed by atoms with E-state index < -0.39 is 37.2 Å². The van der Waals surface area contributed by atoms with E-state index in [1.165, 1.54) is 12.1 Å². The molecule has 9 heteroatoms. The van der Waals surface area contributed by atoms with Crippen molar-refractivity contribution in [2.24, 2.45) is 5.73 Å². The predicted octanol–water partition coefficient (Wildman–Crippen LogP) is -0.842. The molecule has 7 nitrogen and oxygen atoms in total. The summed E-state index contributed by atoms with van der Waals surface area (Å²) in [7, 11) is -8.33. The van der Waals surface area contributed by atoms with Crippen LogP contribution in [0.25, 0.3) is 0 Å². The van der Waals surface area contributed by atoms with Crippen molar-refractivity contribution in [1.82, 2.24) is 0 Å². The molecule has 0 atom stereocenters. The lowest BCUT2D eigenvalue weighted by Gasteiger charge is -2.08. The van der Waals surface area contributed by atoms with Gasteiger partial charge in [0.1, 0.15) is 0 Å². The number of sulfone groups is 1. The zero-order valence-electron chi connectivity index (χ0n) is 9.27. The standard InChI is InChI=1S/C9H13NO6S2/c10-6-7-1-2-8(17(12,13)4-3-11)5-9(7)18(14,15)16/h1-2,5,11H,3-4,6,10H2,(H,14,15,16). The van der Waals surface area contributed by atoms with Crippen LogP contribution in [0.4, 0.5) is 0 Å². The highest BCUT2D eigenvalue weighted by Crippen LogP contribution is 2.21. The van der Waals surface area contributed by atoms with Crippen LogP contribution in [-0.4, -0.2) is 38.9 Å². The summed E-state index contributed by atoms with van der Waals surface area (Å²) in [6, 6.07) is 3.23. The molecule has 0 unspecified atom stereocenters. The van der Waals surface area contributed by atoms with E-state index in [9.17, 15) is 16.8 Å². The van der Waals surface area contributed by atoms with Gasteiger partial charge >= 0.3 is 0 Å². The Morgan fingerprint density at radius 3 is 2.22 bits per heavy atom. The van der Waals surface area contributed by atoms with Gasteiger partial charge in [0, 0.05) is 6.54 Å². The molecule has 102 valence electrons. The third-order valence-corrected chi connectivity index (χ3v) is 4.88. The number of rotatable bonds is 5. The molecule has 1 aromatic rings. The van der Waals surface area contributed by atoms with Gasteiger partial charge < -0.3 is 10.8 Å². The lowest BCUT2D eigenvalue weighted by molar-refractivity contribution is 0.319. The largest absolute Gasteiger partial charge is 0.395 e. The van der Waals surface area contributed by atoms with E-state index in [0.29, 0.717) is 0 Å². The van der Waals surface area contributed by atoms with E-state index in [0.717, 1.165) is 6.07 Å². The molecular formula is C9H13NO6S2. The maximum Gasteiger partial charge on any atom is 0.294 e. The summed E-state index contributed by atoms with van der Waals surface area (Å²) in [6.45, 7) is -0.738. The quantitative estimate of drug-likeness (QED) is 0.602. The Bertz CT molecular complexity index is 635. The van der Waals surface area contributed by atoms with Crippen molar-refractivity contribution in [2.45, 2.75) is 16.3 Å². The SMILES string of the molecule is NCc1ccc(S(=O)(=O)CCO)cc1S(=O)(=O)O. The van der Waals surface area contributed by atoms with E-state index in [-0.39, 0.29) is 17.0 Å². The molecule has 0 heterocycles. The second kappa shape index (κ2) is 5.33. The van der Waals surface area contributed by atoms with Crippen molar-refractivity contribution in [2.75, 3.05) is 12.4 Å². The van der Waals surface area contributed by atoms with Crippen LogP contribution in [0.15, 0.2) is 28.0 Å². The first-order chi connectivity index (χ1) is 8.22.